The van der Waals surface area contributed by atoms with Crippen LogP contribution in [0.5, 0.6) is 0 Å². The summed E-state index contributed by atoms with van der Waals surface area (Å²) in [5.41, 5.74) is -0.926. The van der Waals surface area contributed by atoms with Gasteiger partial charge in [-0.2, -0.15) is 13.2 Å². The molecular weight excluding hydrogens is 273 g/mol. The molecule has 0 spiro atoms. The first-order chi connectivity index (χ1) is 9.40. The Morgan fingerprint density at radius 1 is 1.40 bits per heavy atom. The summed E-state index contributed by atoms with van der Waals surface area (Å²) in [5, 5.41) is 2.94. The van der Waals surface area contributed by atoms with Gasteiger partial charge < -0.3 is 10.1 Å². The summed E-state index contributed by atoms with van der Waals surface area (Å²) in [6.07, 6.45) is -2.53. The van der Waals surface area contributed by atoms with Crippen molar-refractivity contribution in [3.63, 3.8) is 0 Å². The molecule has 1 N–H and O–H groups in total. The maximum Gasteiger partial charge on any atom is 0.433 e. The minimum absolute atomic E-state index is 0.0601. The number of carbonyl (C=O) groups excluding carboxylic acids is 1. The van der Waals surface area contributed by atoms with Crippen molar-refractivity contribution in [1.29, 1.82) is 0 Å². The highest BCUT2D eigenvalue weighted by atomic mass is 19.4. The number of aromatic nitrogens is 1. The van der Waals surface area contributed by atoms with Crippen LogP contribution in [0, 0.1) is 5.92 Å². The average molecular weight is 288 g/mol. The number of alkyl halides is 3. The summed E-state index contributed by atoms with van der Waals surface area (Å²) in [4.78, 5) is 14.9. The van der Waals surface area contributed by atoms with Gasteiger partial charge in [-0.15, -0.1) is 0 Å². The normalized spacial score (nSPS) is 22.6. The third-order valence-corrected chi connectivity index (χ3v) is 3.36. The molecule has 0 aliphatic heterocycles. The van der Waals surface area contributed by atoms with E-state index in [1.165, 1.54) is 19.2 Å². The molecular formula is C13H15F3N2O2. The van der Waals surface area contributed by atoms with Crippen LogP contribution in [-0.2, 0) is 15.7 Å². The highest BCUT2D eigenvalue weighted by molar-refractivity contribution is 5.72. The number of hydrogen-bond acceptors (Lipinski definition) is 4. The largest absolute Gasteiger partial charge is 0.469 e. The quantitative estimate of drug-likeness (QED) is 0.869. The maximum atomic E-state index is 12.5. The Hall–Kier alpha value is -1.79. The number of nitrogens with zero attached hydrogens (tertiary/aromatic N) is 1. The molecule has 0 unspecified atom stereocenters. The molecule has 1 fully saturated rings. The lowest BCUT2D eigenvalue weighted by Gasteiger charge is -2.14. The molecule has 1 aromatic rings. The van der Waals surface area contributed by atoms with Crippen molar-refractivity contribution in [2.75, 3.05) is 12.4 Å². The van der Waals surface area contributed by atoms with E-state index >= 15 is 0 Å². The van der Waals surface area contributed by atoms with Gasteiger partial charge in [0.2, 0.25) is 0 Å². The van der Waals surface area contributed by atoms with Gasteiger partial charge >= 0.3 is 12.1 Å². The highest BCUT2D eigenvalue weighted by Crippen LogP contribution is 2.31. The fourth-order valence-electron chi connectivity index (χ4n) is 2.38. The first-order valence-electron chi connectivity index (χ1n) is 6.29. The Labute approximate surface area is 114 Å². The van der Waals surface area contributed by atoms with Crippen molar-refractivity contribution in [3.05, 3.63) is 23.9 Å². The molecule has 7 heteroatoms. The van der Waals surface area contributed by atoms with Gasteiger partial charge in [0.25, 0.3) is 0 Å². The van der Waals surface area contributed by atoms with Gasteiger partial charge in [-0.05, 0) is 31.4 Å². The van der Waals surface area contributed by atoms with Gasteiger partial charge in [0.1, 0.15) is 11.5 Å². The van der Waals surface area contributed by atoms with E-state index in [2.05, 4.69) is 15.0 Å². The monoisotopic (exact) mass is 288 g/mol. The smallest absolute Gasteiger partial charge is 0.433 e. The van der Waals surface area contributed by atoms with E-state index in [0.29, 0.717) is 19.3 Å². The molecule has 0 aromatic carbocycles. The Balaban J connectivity index is 2.00. The van der Waals surface area contributed by atoms with E-state index < -0.39 is 11.9 Å². The summed E-state index contributed by atoms with van der Waals surface area (Å²) in [6, 6.07) is 3.66. The predicted octanol–water partition coefficient (Wildman–Crippen LogP) is 2.85. The number of methoxy groups -OCH3 is 1. The molecule has 0 saturated heterocycles. The second-order valence-corrected chi connectivity index (χ2v) is 4.78. The zero-order valence-electron chi connectivity index (χ0n) is 10.9. The van der Waals surface area contributed by atoms with Gasteiger partial charge in [0, 0.05) is 6.04 Å². The van der Waals surface area contributed by atoms with Crippen LogP contribution in [0.25, 0.3) is 0 Å². The highest BCUT2D eigenvalue weighted by Gasteiger charge is 2.33. The minimum Gasteiger partial charge on any atom is -0.469 e. The number of esters is 1. The number of halogens is 3. The second kappa shape index (κ2) is 5.68. The number of rotatable bonds is 3. The number of carbonyl (C=O) groups is 1. The summed E-state index contributed by atoms with van der Waals surface area (Å²) in [6.45, 7) is 0. The lowest BCUT2D eigenvalue weighted by atomic mass is 10.1. The SMILES string of the molecule is COC(=O)[C@H]1CC[C@@H](Nc2cccc(C(F)(F)F)n2)C1. The van der Waals surface area contributed by atoms with Crippen LogP contribution in [-0.4, -0.2) is 24.1 Å². The molecule has 1 saturated carbocycles. The van der Waals surface area contributed by atoms with Crippen molar-refractivity contribution in [2.45, 2.75) is 31.5 Å². The average Bonchev–Trinajstić information content (AvgIpc) is 2.85. The molecule has 0 bridgehead atoms. The number of pyridine rings is 1. The van der Waals surface area contributed by atoms with Crippen molar-refractivity contribution in [3.8, 4) is 0 Å². The maximum absolute atomic E-state index is 12.5. The van der Waals surface area contributed by atoms with Gasteiger partial charge in [-0.25, -0.2) is 4.98 Å². The number of nitrogens with one attached hydrogen (secondary N) is 1. The van der Waals surface area contributed by atoms with E-state index in [1.54, 1.807) is 0 Å². The van der Waals surface area contributed by atoms with Crippen molar-refractivity contribution in [1.82, 2.24) is 4.98 Å². The van der Waals surface area contributed by atoms with Gasteiger partial charge in [-0.3, -0.25) is 4.79 Å². The van der Waals surface area contributed by atoms with Crippen molar-refractivity contribution in [2.24, 2.45) is 5.92 Å². The van der Waals surface area contributed by atoms with Crippen LogP contribution in [0.4, 0.5) is 19.0 Å². The van der Waals surface area contributed by atoms with Gasteiger partial charge in [0.15, 0.2) is 0 Å². The molecule has 0 amide bonds. The lowest BCUT2D eigenvalue weighted by molar-refractivity contribution is -0.145. The molecule has 2 rings (SSSR count). The third-order valence-electron chi connectivity index (χ3n) is 3.36. The number of hydrogen-bond donors (Lipinski definition) is 1. The molecule has 110 valence electrons. The van der Waals surface area contributed by atoms with E-state index in [0.717, 1.165) is 6.07 Å². The Bertz CT molecular complexity index is 491. The van der Waals surface area contributed by atoms with E-state index in [1.807, 2.05) is 0 Å². The third kappa shape index (κ3) is 3.40. The molecule has 0 radical (unpaired) electrons. The Kier molecular flexibility index (Phi) is 4.15. The zero-order chi connectivity index (χ0) is 14.8. The molecule has 1 heterocycles. The van der Waals surface area contributed by atoms with Crippen molar-refractivity contribution < 1.29 is 22.7 Å². The summed E-state index contributed by atoms with van der Waals surface area (Å²) < 4.78 is 42.3. The van der Waals surface area contributed by atoms with E-state index in [4.69, 9.17) is 0 Å². The summed E-state index contributed by atoms with van der Waals surface area (Å²) in [5.74, 6) is -0.287. The number of ether oxygens (including phenoxy) is 1. The van der Waals surface area contributed by atoms with Gasteiger partial charge in [0.05, 0.1) is 13.0 Å². The molecule has 20 heavy (non-hydrogen) atoms. The van der Waals surface area contributed by atoms with Crippen LogP contribution in [0.15, 0.2) is 18.2 Å². The van der Waals surface area contributed by atoms with Crippen LogP contribution in [0.1, 0.15) is 25.0 Å². The second-order valence-electron chi connectivity index (χ2n) is 4.78. The van der Waals surface area contributed by atoms with Crippen LogP contribution < -0.4 is 5.32 Å². The van der Waals surface area contributed by atoms with Crippen molar-refractivity contribution >= 4 is 11.8 Å². The molecule has 1 aliphatic rings. The van der Waals surface area contributed by atoms with Gasteiger partial charge in [-0.1, -0.05) is 6.07 Å². The first-order valence-corrected chi connectivity index (χ1v) is 6.29. The Morgan fingerprint density at radius 3 is 2.80 bits per heavy atom. The fourth-order valence-corrected chi connectivity index (χ4v) is 2.38. The number of anilines is 1. The van der Waals surface area contributed by atoms with E-state index in [-0.39, 0.29) is 23.7 Å². The predicted molar refractivity (Wildman–Crippen MR) is 66.0 cm³/mol. The first kappa shape index (κ1) is 14.6. The van der Waals surface area contributed by atoms with E-state index in [9.17, 15) is 18.0 Å². The lowest BCUT2D eigenvalue weighted by Crippen LogP contribution is -2.20. The minimum atomic E-state index is -4.46. The Morgan fingerprint density at radius 2 is 2.15 bits per heavy atom. The molecule has 4 nitrogen and oxygen atoms in total. The van der Waals surface area contributed by atoms with Crippen LogP contribution in [0.2, 0.25) is 0 Å². The standard InChI is InChI=1S/C13H15F3N2O2/c1-20-12(19)8-5-6-9(7-8)17-11-4-2-3-10(18-11)13(14,15)16/h2-4,8-9H,5-7H2,1H3,(H,17,18)/t8-,9+/m0/s1. The van der Waals surface area contributed by atoms with Crippen LogP contribution in [0.3, 0.4) is 0 Å². The summed E-state index contributed by atoms with van der Waals surface area (Å²) in [7, 11) is 1.33. The zero-order valence-corrected chi connectivity index (χ0v) is 10.9. The topological polar surface area (TPSA) is 51.2 Å². The summed E-state index contributed by atoms with van der Waals surface area (Å²) >= 11 is 0. The van der Waals surface area contributed by atoms with Crippen LogP contribution >= 0.6 is 0 Å². The molecule has 1 aliphatic carbocycles. The fraction of sp³-hybridized carbons (Fsp3) is 0.538. The molecule has 2 atom stereocenters. The molecule has 1 aromatic heterocycles.